The van der Waals surface area contributed by atoms with Crippen molar-refractivity contribution in [1.29, 1.82) is 0 Å². The van der Waals surface area contributed by atoms with Gasteiger partial charge in [-0.1, -0.05) is 11.6 Å². The minimum Gasteiger partial charge on any atom is -0.503 e. The molecule has 4 atom stereocenters. The van der Waals surface area contributed by atoms with Crippen molar-refractivity contribution < 1.29 is 29.0 Å². The van der Waals surface area contributed by atoms with Crippen LogP contribution in [0.15, 0.2) is 49.5 Å². The van der Waals surface area contributed by atoms with Crippen molar-refractivity contribution in [3.63, 3.8) is 0 Å². The van der Waals surface area contributed by atoms with E-state index in [1.165, 1.54) is 25.1 Å². The predicted molar refractivity (Wildman–Crippen MR) is 129 cm³/mol. The quantitative estimate of drug-likeness (QED) is 0.318. The number of phenols is 1. The van der Waals surface area contributed by atoms with Gasteiger partial charge in [0.2, 0.25) is 11.8 Å². The Labute approximate surface area is 212 Å². The first kappa shape index (κ1) is 23.2. The molecule has 4 aliphatic rings. The summed E-state index contributed by atoms with van der Waals surface area (Å²) in [5, 5.41) is 10.5. The summed E-state index contributed by atoms with van der Waals surface area (Å²) in [5.41, 5.74) is 2.59. The highest BCUT2D eigenvalue weighted by molar-refractivity contribution is 9.13. The number of ether oxygens (including phenoxy) is 1. The number of benzene rings is 1. The molecule has 0 saturated carbocycles. The van der Waals surface area contributed by atoms with Crippen molar-refractivity contribution in [3.05, 3.63) is 55.0 Å². The lowest BCUT2D eigenvalue weighted by atomic mass is 9.59. The summed E-state index contributed by atoms with van der Waals surface area (Å²) in [4.78, 5) is 53.6. The molecule has 5 rings (SSSR count). The van der Waals surface area contributed by atoms with Crippen molar-refractivity contribution >= 4 is 55.2 Å². The fourth-order valence-corrected chi connectivity index (χ4v) is 6.83. The number of nitrogens with zero attached hydrogens (tertiary/aromatic N) is 1. The van der Waals surface area contributed by atoms with Crippen LogP contribution in [0.5, 0.6) is 11.5 Å². The molecule has 0 aromatic heterocycles. The zero-order valence-corrected chi connectivity index (χ0v) is 21.8. The molecular formula is C25H21Br2NO6. The lowest BCUT2D eigenvalue weighted by Gasteiger charge is -2.42. The number of methoxy groups -OCH3 is 1. The third kappa shape index (κ3) is 3.05. The smallest absolute Gasteiger partial charge is 0.233 e. The molecule has 1 N–H and O–H groups in total. The van der Waals surface area contributed by atoms with E-state index in [2.05, 4.69) is 31.9 Å². The molecule has 1 aromatic carbocycles. The maximum Gasteiger partial charge on any atom is 0.233 e. The number of phenolic OH excluding ortho intramolecular Hbond substituents is 1. The number of Topliss-reactive ketones (excluding diaryl/α,β-unsaturated/α-hetero) is 1. The maximum atomic E-state index is 13.3. The number of likely N-dealkylation sites (tertiary alicyclic amines) is 1. The highest BCUT2D eigenvalue weighted by Gasteiger charge is 2.55. The number of carbonyl (C=O) groups excluding carboxylic acids is 4. The van der Waals surface area contributed by atoms with Gasteiger partial charge in [0.25, 0.3) is 0 Å². The molecule has 1 fully saturated rings. The Morgan fingerprint density at radius 3 is 2.47 bits per heavy atom. The highest BCUT2D eigenvalue weighted by atomic mass is 79.9. The van der Waals surface area contributed by atoms with E-state index in [-0.39, 0.29) is 41.3 Å². The zero-order chi connectivity index (χ0) is 24.6. The molecule has 176 valence electrons. The Kier molecular flexibility index (Phi) is 5.48. The van der Waals surface area contributed by atoms with Gasteiger partial charge in [0.05, 0.1) is 23.4 Å². The number of fused-ring (bicyclic) bond motifs is 3. The van der Waals surface area contributed by atoms with Gasteiger partial charge in [-0.3, -0.25) is 24.1 Å². The average Bonchev–Trinajstić information content (AvgIpc) is 3.04. The average molecular weight is 591 g/mol. The van der Waals surface area contributed by atoms with Crippen molar-refractivity contribution in [1.82, 2.24) is 4.90 Å². The number of hydrogen-bond acceptors (Lipinski definition) is 6. The summed E-state index contributed by atoms with van der Waals surface area (Å²) in [7, 11) is 2.92. The Bertz CT molecular complexity index is 1310. The number of carbonyl (C=O) groups is 4. The van der Waals surface area contributed by atoms with Crippen LogP contribution >= 0.6 is 31.9 Å². The molecule has 0 bridgehead atoms. The van der Waals surface area contributed by atoms with Gasteiger partial charge >= 0.3 is 0 Å². The van der Waals surface area contributed by atoms with Gasteiger partial charge in [-0.05, 0) is 75.2 Å². The third-order valence-corrected chi connectivity index (χ3v) is 9.65. The van der Waals surface area contributed by atoms with Crippen LogP contribution in [0.1, 0.15) is 31.2 Å². The monoisotopic (exact) mass is 589 g/mol. The first-order valence-corrected chi connectivity index (χ1v) is 12.4. The van der Waals surface area contributed by atoms with Crippen LogP contribution in [0.4, 0.5) is 0 Å². The van der Waals surface area contributed by atoms with Crippen LogP contribution in [0.2, 0.25) is 0 Å². The zero-order valence-electron chi connectivity index (χ0n) is 18.6. The maximum absolute atomic E-state index is 13.3. The van der Waals surface area contributed by atoms with Gasteiger partial charge in [0.15, 0.2) is 23.1 Å². The molecule has 1 aliphatic heterocycles. The standard InChI is InChI=1S/C25H21Br2NO6/c1-9-6-15(29)19-14(22(9)30)7-12-10(4-5-11-18(12)25(33)28(2)24(11)32)17(19)13-8-16(34-3)23(31)21(27)20(13)26/h4,6,8,11-12,17-18,31H,5,7H2,1-3H3/t11-,12+,17+,18-/m0/s1. The van der Waals surface area contributed by atoms with Gasteiger partial charge in [-0.25, -0.2) is 0 Å². The Balaban J connectivity index is 1.78. The molecule has 34 heavy (non-hydrogen) atoms. The van der Waals surface area contributed by atoms with Gasteiger partial charge < -0.3 is 9.84 Å². The summed E-state index contributed by atoms with van der Waals surface area (Å²) in [6.45, 7) is 1.61. The molecule has 7 nitrogen and oxygen atoms in total. The van der Waals surface area contributed by atoms with Crippen LogP contribution < -0.4 is 4.74 Å². The summed E-state index contributed by atoms with van der Waals surface area (Å²) in [5.74, 6) is -2.89. The largest absolute Gasteiger partial charge is 0.503 e. The van der Waals surface area contributed by atoms with Crippen molar-refractivity contribution in [2.45, 2.75) is 25.7 Å². The second-order valence-corrected chi connectivity index (χ2v) is 10.7. The Morgan fingerprint density at radius 1 is 1.09 bits per heavy atom. The van der Waals surface area contributed by atoms with E-state index in [9.17, 15) is 24.3 Å². The van der Waals surface area contributed by atoms with E-state index in [0.29, 0.717) is 37.6 Å². The number of amides is 2. The van der Waals surface area contributed by atoms with Crippen LogP contribution in [0.3, 0.4) is 0 Å². The van der Waals surface area contributed by atoms with Crippen LogP contribution in [0.25, 0.3) is 0 Å². The van der Waals surface area contributed by atoms with E-state index in [0.717, 1.165) is 5.57 Å². The molecule has 1 saturated heterocycles. The first-order valence-electron chi connectivity index (χ1n) is 10.8. The van der Waals surface area contributed by atoms with Crippen molar-refractivity contribution in [2.24, 2.45) is 17.8 Å². The SMILES string of the molecule is COc1cc([C@H]2C3=CC[C@@H]4C(=O)N(C)C(=O)[C@@H]4[C@@H]3CC3=C2C(=O)C=C(C)C3=O)c(Br)c(Br)c1O. The third-order valence-electron chi connectivity index (χ3n) is 7.49. The van der Waals surface area contributed by atoms with E-state index >= 15 is 0 Å². The first-order chi connectivity index (χ1) is 16.1. The fourth-order valence-electron chi connectivity index (χ4n) is 5.87. The molecule has 0 unspecified atom stereocenters. The highest BCUT2D eigenvalue weighted by Crippen LogP contribution is 2.57. The number of halogens is 2. The number of imide groups is 1. The van der Waals surface area contributed by atoms with E-state index in [1.807, 2.05) is 6.08 Å². The minimum atomic E-state index is -0.635. The van der Waals surface area contributed by atoms with Crippen LogP contribution in [-0.2, 0) is 19.2 Å². The van der Waals surface area contributed by atoms with Gasteiger partial charge in [0.1, 0.15) is 0 Å². The van der Waals surface area contributed by atoms with Gasteiger partial charge in [-0.2, -0.15) is 0 Å². The van der Waals surface area contributed by atoms with E-state index in [1.54, 1.807) is 13.0 Å². The molecule has 9 heteroatoms. The van der Waals surface area contributed by atoms with E-state index in [4.69, 9.17) is 4.74 Å². The van der Waals surface area contributed by atoms with E-state index < -0.39 is 23.7 Å². The molecule has 1 aromatic rings. The predicted octanol–water partition coefficient (Wildman–Crippen LogP) is 3.99. The van der Waals surface area contributed by atoms with Crippen molar-refractivity contribution in [2.75, 3.05) is 14.2 Å². The van der Waals surface area contributed by atoms with Crippen LogP contribution in [-0.4, -0.2) is 47.5 Å². The molecule has 3 aliphatic carbocycles. The normalized spacial score (nSPS) is 28.4. The summed E-state index contributed by atoms with van der Waals surface area (Å²) >= 11 is 6.93. The lowest BCUT2D eigenvalue weighted by Crippen LogP contribution is -2.39. The number of allylic oxidation sites excluding steroid dienone is 6. The number of ketones is 2. The number of hydrogen-bond donors (Lipinski definition) is 1. The molecular weight excluding hydrogens is 570 g/mol. The van der Waals surface area contributed by atoms with Gasteiger partial charge in [-0.15, -0.1) is 0 Å². The van der Waals surface area contributed by atoms with Crippen molar-refractivity contribution in [3.8, 4) is 11.5 Å². The molecule has 1 heterocycles. The number of rotatable bonds is 2. The minimum absolute atomic E-state index is 0.0997. The summed E-state index contributed by atoms with van der Waals surface area (Å²) < 4.78 is 6.23. The van der Waals surface area contributed by atoms with Crippen LogP contribution in [0, 0.1) is 17.8 Å². The number of aromatic hydroxyl groups is 1. The Morgan fingerprint density at radius 2 is 1.79 bits per heavy atom. The fraction of sp³-hybridized carbons (Fsp3) is 0.360. The molecule has 0 radical (unpaired) electrons. The van der Waals surface area contributed by atoms with Gasteiger partial charge in [0, 0.05) is 34.2 Å². The topological polar surface area (TPSA) is 101 Å². The second kappa shape index (κ2) is 8.02. The Hall–Kier alpha value is -2.52. The lowest BCUT2D eigenvalue weighted by molar-refractivity contribution is -0.138. The molecule has 2 amide bonds. The summed E-state index contributed by atoms with van der Waals surface area (Å²) in [6, 6.07) is 1.64. The second-order valence-electron chi connectivity index (χ2n) is 9.11. The molecule has 0 spiro atoms. The summed E-state index contributed by atoms with van der Waals surface area (Å²) in [6.07, 6.45) is 3.93.